The summed E-state index contributed by atoms with van der Waals surface area (Å²) in [7, 11) is 0. The fraction of sp³-hybridized carbons (Fsp3) is 0. The van der Waals surface area contributed by atoms with Gasteiger partial charge in [-0.15, -0.1) is 0 Å². The van der Waals surface area contributed by atoms with Gasteiger partial charge in [0.1, 0.15) is 0 Å². The van der Waals surface area contributed by atoms with Crippen LogP contribution in [0.25, 0.3) is 177 Å². The lowest BCUT2D eigenvalue weighted by molar-refractivity contribution is 1.18. The smallest absolute Gasteiger partial charge is 0.333 e. The van der Waals surface area contributed by atoms with Crippen molar-refractivity contribution in [3.05, 3.63) is 303 Å². The number of aromatic nitrogens is 4. The van der Waals surface area contributed by atoms with Crippen molar-refractivity contribution in [1.82, 2.24) is 18.1 Å². The van der Waals surface area contributed by atoms with Gasteiger partial charge in [-0.25, -0.2) is 0 Å². The summed E-state index contributed by atoms with van der Waals surface area (Å²) in [5.74, 6) is 0. The van der Waals surface area contributed by atoms with Gasteiger partial charge in [0.2, 0.25) is 0 Å². The molecule has 18 aromatic rings. The summed E-state index contributed by atoms with van der Waals surface area (Å²) < 4.78 is 10.9. The Bertz CT molecular complexity index is 5810. The zero-order valence-corrected chi connectivity index (χ0v) is 49.8. The molecule has 4 nitrogen and oxygen atoms in total. The molecule has 0 amide bonds. The fourth-order valence-corrected chi connectivity index (χ4v) is 17.7. The van der Waals surface area contributed by atoms with Gasteiger partial charge in [-0.1, -0.05) is 231 Å². The van der Waals surface area contributed by atoms with Gasteiger partial charge in [0.25, 0.3) is 0 Å². The Morgan fingerprint density at radius 1 is 0.207 bits per heavy atom. The van der Waals surface area contributed by atoms with E-state index in [-0.39, 0.29) is 13.7 Å². The molecule has 0 radical (unpaired) electrons. The van der Waals surface area contributed by atoms with Crippen molar-refractivity contribution >= 4 is 112 Å². The highest BCUT2D eigenvalue weighted by Gasteiger charge is 2.47. The van der Waals surface area contributed by atoms with Crippen molar-refractivity contribution in [3.63, 3.8) is 0 Å². The molecular formula is C86H50B2N4. The number of hydrogen-bond donors (Lipinski definition) is 0. The molecule has 22 rings (SSSR count). The summed E-state index contributed by atoms with van der Waals surface area (Å²) in [5.41, 5.74) is 37.6. The number of nitrogens with zero attached hydrogens (tertiary/aromatic N) is 4. The molecule has 420 valence electrons. The Labute approximate surface area is 530 Å². The van der Waals surface area contributed by atoms with E-state index in [0.29, 0.717) is 0 Å². The molecule has 4 aromatic heterocycles. The normalized spacial score (nSPS) is 13.0. The Hall–Kier alpha value is -11.9. The first-order chi connectivity index (χ1) is 45.7. The molecule has 0 spiro atoms. The second-order valence-corrected chi connectivity index (χ2v) is 25.7. The minimum absolute atomic E-state index is 0.138. The van der Waals surface area contributed by atoms with Gasteiger partial charge in [-0.3, -0.25) is 0 Å². The van der Waals surface area contributed by atoms with Crippen LogP contribution in [-0.2, 0) is 0 Å². The van der Waals surface area contributed by atoms with Crippen LogP contribution in [0.4, 0.5) is 0 Å². The van der Waals surface area contributed by atoms with Gasteiger partial charge in [-0.2, -0.15) is 0 Å². The minimum atomic E-state index is -0.138. The predicted octanol–water partition coefficient (Wildman–Crippen LogP) is 18.8. The lowest BCUT2D eigenvalue weighted by Crippen LogP contribution is -2.55. The van der Waals surface area contributed by atoms with Crippen LogP contribution in [0, 0.1) is 0 Å². The van der Waals surface area contributed by atoms with Crippen LogP contribution >= 0.6 is 0 Å². The second kappa shape index (κ2) is 17.9. The quantitative estimate of drug-likeness (QED) is 0.148. The zero-order valence-electron chi connectivity index (χ0n) is 49.8. The maximum absolute atomic E-state index is 2.82. The van der Waals surface area contributed by atoms with Crippen molar-refractivity contribution in [2.45, 2.75) is 0 Å². The minimum Gasteiger partial charge on any atom is -0.374 e. The Balaban J connectivity index is 0.871. The number of para-hydroxylation sites is 6. The first kappa shape index (κ1) is 49.1. The van der Waals surface area contributed by atoms with Gasteiger partial charge in [-0.05, 0) is 173 Å². The zero-order chi connectivity index (χ0) is 59.6. The maximum Gasteiger partial charge on any atom is 0.333 e. The van der Waals surface area contributed by atoms with Crippen molar-refractivity contribution in [2.75, 3.05) is 0 Å². The number of benzene rings is 14. The highest BCUT2D eigenvalue weighted by molar-refractivity contribution is 6.92. The summed E-state index contributed by atoms with van der Waals surface area (Å²) in [4.78, 5) is 0. The van der Waals surface area contributed by atoms with E-state index in [4.69, 9.17) is 0 Å². The molecule has 0 aliphatic carbocycles. The van der Waals surface area contributed by atoms with E-state index in [1.807, 2.05) is 0 Å². The van der Waals surface area contributed by atoms with E-state index in [9.17, 15) is 0 Å². The average molecular weight is 1160 g/mol. The van der Waals surface area contributed by atoms with Crippen LogP contribution in [0.1, 0.15) is 0 Å². The average Bonchev–Trinajstić information content (AvgIpc) is 1.46. The van der Waals surface area contributed by atoms with E-state index >= 15 is 0 Å². The Morgan fingerprint density at radius 3 is 0.924 bits per heavy atom. The molecule has 6 heteroatoms. The predicted molar refractivity (Wildman–Crippen MR) is 388 cm³/mol. The summed E-state index contributed by atoms with van der Waals surface area (Å²) in [6.45, 7) is -0.276. The molecule has 0 fully saturated rings. The molecule has 0 bridgehead atoms. The van der Waals surface area contributed by atoms with Crippen molar-refractivity contribution in [2.24, 2.45) is 0 Å². The summed E-state index contributed by atoms with van der Waals surface area (Å²) >= 11 is 0. The van der Waals surface area contributed by atoms with Gasteiger partial charge in [0, 0.05) is 65.9 Å². The molecule has 92 heavy (non-hydrogen) atoms. The van der Waals surface area contributed by atoms with E-state index in [1.54, 1.807) is 0 Å². The van der Waals surface area contributed by atoms with Crippen molar-refractivity contribution in [1.29, 1.82) is 0 Å². The highest BCUT2D eigenvalue weighted by Crippen LogP contribution is 2.53. The van der Waals surface area contributed by atoms with Gasteiger partial charge < -0.3 is 18.1 Å². The highest BCUT2D eigenvalue weighted by atomic mass is 15.1. The van der Waals surface area contributed by atoms with E-state index in [2.05, 4.69) is 321 Å². The summed E-state index contributed by atoms with van der Waals surface area (Å²) in [6.07, 6.45) is 0. The standard InChI is InChI=1S/C86H50B2N4/c1-5-23-51(24-6-1)55-43-56(52-25-7-2-8-26-52)46-59(45-55)67-49-69-61-33-21-35-65-81(61)91(87-71-37-15-19-41-75(71)89-73-39-17-13-31-63(73)77(67)85(89)79(69)87)84-66-36-22-34-62-70-50-68(60-47-57(53-27-9-3-10-28-53)44-58(48-60)54-29-11-4-12-30-54)78-64-32-14-18-40-74(64)90-76-42-20-16-38-72(76)88(80(70)86(78)90)92(82(62)66)83(65)84/h1-50H. The Kier molecular flexibility index (Phi) is 9.57. The van der Waals surface area contributed by atoms with Crippen LogP contribution in [0.3, 0.4) is 0 Å². The van der Waals surface area contributed by atoms with E-state index < -0.39 is 0 Å². The van der Waals surface area contributed by atoms with Gasteiger partial charge in [0.05, 0.1) is 33.1 Å². The topological polar surface area (TPSA) is 19.7 Å². The first-order valence-corrected chi connectivity index (χ1v) is 32.2. The maximum atomic E-state index is 2.82. The molecule has 14 aromatic carbocycles. The molecular weight excluding hydrogens is 1110 g/mol. The Morgan fingerprint density at radius 2 is 0.533 bits per heavy atom. The van der Waals surface area contributed by atoms with Crippen LogP contribution in [-0.4, -0.2) is 31.8 Å². The van der Waals surface area contributed by atoms with Gasteiger partial charge in [0.15, 0.2) is 0 Å². The lowest BCUT2D eigenvalue weighted by atomic mass is 9.45. The molecule has 0 atom stereocenters. The van der Waals surface area contributed by atoms with Crippen LogP contribution in [0.2, 0.25) is 0 Å². The van der Waals surface area contributed by atoms with Crippen LogP contribution < -0.4 is 21.9 Å². The molecule has 0 saturated heterocycles. The summed E-state index contributed by atoms with van der Waals surface area (Å²) in [5, 5.41) is 7.66. The van der Waals surface area contributed by atoms with Crippen molar-refractivity contribution in [3.8, 4) is 100 Å². The fourth-order valence-electron chi connectivity index (χ4n) is 17.7. The first-order valence-electron chi connectivity index (χ1n) is 32.2. The van der Waals surface area contributed by atoms with Crippen LogP contribution in [0.15, 0.2) is 303 Å². The number of fused-ring (bicyclic) bond motifs is 21. The number of hydrogen-bond acceptors (Lipinski definition) is 0. The van der Waals surface area contributed by atoms with Crippen LogP contribution in [0.5, 0.6) is 0 Å². The van der Waals surface area contributed by atoms with Gasteiger partial charge >= 0.3 is 13.7 Å². The summed E-state index contributed by atoms with van der Waals surface area (Å²) in [6, 6.07) is 115. The SMILES string of the molecule is c1ccc(-c2cc(-c3ccccc3)cc(-c3cc4c5c6c3c3ccccc3n6-c3ccccc3B5n3c5c-4cccc5c4c3c3cccc5c3n4B3c4ccccc4-n4c6ccccc6c6c(-c7cc(-c8ccccc8)cc(-c8ccccc8)c7)cc-5c3c64)c2)cc1. The number of rotatable bonds is 6. The molecule has 4 aliphatic heterocycles. The third-order valence-corrected chi connectivity index (χ3v) is 21.2. The third kappa shape index (κ3) is 6.28. The molecule has 0 unspecified atom stereocenters. The lowest BCUT2D eigenvalue weighted by Gasteiger charge is -2.34. The van der Waals surface area contributed by atoms with E-state index in [0.717, 1.165) is 0 Å². The monoisotopic (exact) mass is 1160 g/mol. The molecule has 0 N–H and O–H groups in total. The largest absolute Gasteiger partial charge is 0.374 e. The second-order valence-electron chi connectivity index (χ2n) is 25.7. The molecule has 0 saturated carbocycles. The molecule has 4 aliphatic rings. The van der Waals surface area contributed by atoms with E-state index in [1.165, 1.54) is 199 Å². The van der Waals surface area contributed by atoms with Crippen molar-refractivity contribution < 1.29 is 0 Å². The molecule has 8 heterocycles. The third-order valence-electron chi connectivity index (χ3n) is 21.2.